The van der Waals surface area contributed by atoms with Crippen LogP contribution in [0.25, 0.3) is 0 Å². The van der Waals surface area contributed by atoms with Crippen LogP contribution in [0.3, 0.4) is 0 Å². The minimum atomic E-state index is 0.0810. The molecule has 2 heteroatoms. The molecule has 0 N–H and O–H groups in total. The number of nitrogens with zero attached hydrogens (tertiary/aromatic N) is 1. The lowest BCUT2D eigenvalue weighted by Gasteiger charge is -2.08. The molecule has 0 saturated carbocycles. The lowest BCUT2D eigenvalue weighted by atomic mass is 10.3. The maximum Gasteiger partial charge on any atom is 0.248 e. The van der Waals surface area contributed by atoms with Crippen molar-refractivity contribution >= 4 is 5.91 Å². The Bertz CT molecular complexity index is 136. The van der Waals surface area contributed by atoms with Crippen LogP contribution in [0.2, 0.25) is 0 Å². The number of hydrogen-bond acceptors (Lipinski definition) is 1. The quantitative estimate of drug-likeness (QED) is 0.482. The number of rotatable bonds is 1. The van der Waals surface area contributed by atoms with Crippen LogP contribution < -0.4 is 0 Å². The standard InChI is InChI=1S/C7H13NO/c1-5-6(2)7(9)8(3)4/h5H,1-4H3/b6-5-. The van der Waals surface area contributed by atoms with Gasteiger partial charge in [0.25, 0.3) is 0 Å². The summed E-state index contributed by atoms with van der Waals surface area (Å²) < 4.78 is 0. The van der Waals surface area contributed by atoms with Gasteiger partial charge in [0.05, 0.1) is 0 Å². The first-order valence-electron chi connectivity index (χ1n) is 2.94. The zero-order valence-corrected chi connectivity index (χ0v) is 6.43. The van der Waals surface area contributed by atoms with Crippen molar-refractivity contribution in [2.75, 3.05) is 14.1 Å². The Balaban J connectivity index is 4.06. The van der Waals surface area contributed by atoms with Crippen LogP contribution >= 0.6 is 0 Å². The highest BCUT2D eigenvalue weighted by Crippen LogP contribution is 1.94. The van der Waals surface area contributed by atoms with E-state index in [1.54, 1.807) is 19.0 Å². The van der Waals surface area contributed by atoms with E-state index in [1.807, 2.05) is 19.9 Å². The summed E-state index contributed by atoms with van der Waals surface area (Å²) in [4.78, 5) is 12.5. The Hall–Kier alpha value is -0.790. The number of allylic oxidation sites excluding steroid dienone is 1. The molecular weight excluding hydrogens is 114 g/mol. The third kappa shape index (κ3) is 2.31. The van der Waals surface area contributed by atoms with Crippen LogP contribution in [-0.4, -0.2) is 24.9 Å². The van der Waals surface area contributed by atoms with Crippen molar-refractivity contribution in [3.05, 3.63) is 11.6 Å². The summed E-state index contributed by atoms with van der Waals surface area (Å²) in [6.45, 7) is 3.67. The Morgan fingerprint density at radius 3 is 2.00 bits per heavy atom. The van der Waals surface area contributed by atoms with E-state index >= 15 is 0 Å². The Morgan fingerprint density at radius 2 is 1.89 bits per heavy atom. The number of hydrogen-bond donors (Lipinski definition) is 0. The molecule has 0 rings (SSSR count). The molecule has 0 atom stereocenters. The summed E-state index contributed by atoms with van der Waals surface area (Å²) >= 11 is 0. The first-order chi connectivity index (χ1) is 4.09. The predicted molar refractivity (Wildman–Crippen MR) is 38.1 cm³/mol. The van der Waals surface area contributed by atoms with Gasteiger partial charge in [-0.05, 0) is 13.8 Å². The molecule has 0 aliphatic heterocycles. The van der Waals surface area contributed by atoms with E-state index in [9.17, 15) is 4.79 Å². The number of amides is 1. The van der Waals surface area contributed by atoms with Crippen molar-refractivity contribution in [3.63, 3.8) is 0 Å². The first-order valence-corrected chi connectivity index (χ1v) is 2.94. The summed E-state index contributed by atoms with van der Waals surface area (Å²) in [6.07, 6.45) is 1.81. The second kappa shape index (κ2) is 3.28. The van der Waals surface area contributed by atoms with Crippen molar-refractivity contribution < 1.29 is 4.79 Å². The van der Waals surface area contributed by atoms with Gasteiger partial charge in [-0.3, -0.25) is 4.79 Å². The fraction of sp³-hybridized carbons (Fsp3) is 0.571. The van der Waals surface area contributed by atoms with Crippen LogP contribution in [0, 0.1) is 0 Å². The molecule has 0 aromatic rings. The molecule has 0 bridgehead atoms. The van der Waals surface area contributed by atoms with E-state index in [1.165, 1.54) is 0 Å². The molecule has 0 aliphatic rings. The van der Waals surface area contributed by atoms with Crippen molar-refractivity contribution in [1.82, 2.24) is 4.90 Å². The van der Waals surface area contributed by atoms with Crippen LogP contribution in [0.4, 0.5) is 0 Å². The fourth-order valence-corrected chi connectivity index (χ4v) is 0.476. The molecular formula is C7H13NO. The topological polar surface area (TPSA) is 20.3 Å². The highest BCUT2D eigenvalue weighted by Gasteiger charge is 2.02. The molecule has 1 amide bonds. The van der Waals surface area contributed by atoms with Gasteiger partial charge in [0.2, 0.25) is 5.91 Å². The fourth-order valence-electron chi connectivity index (χ4n) is 0.476. The Labute approximate surface area is 56.2 Å². The smallest absolute Gasteiger partial charge is 0.248 e. The maximum absolute atomic E-state index is 10.9. The predicted octanol–water partition coefficient (Wildman–Crippen LogP) is 1.04. The van der Waals surface area contributed by atoms with Crippen molar-refractivity contribution in [1.29, 1.82) is 0 Å². The van der Waals surface area contributed by atoms with Crippen molar-refractivity contribution in [2.24, 2.45) is 0 Å². The van der Waals surface area contributed by atoms with Crippen LogP contribution in [-0.2, 0) is 4.79 Å². The van der Waals surface area contributed by atoms with Gasteiger partial charge in [0.1, 0.15) is 0 Å². The summed E-state index contributed by atoms with van der Waals surface area (Å²) in [5.41, 5.74) is 0.792. The second-order valence-corrected chi connectivity index (χ2v) is 2.17. The zero-order chi connectivity index (χ0) is 7.44. The molecule has 0 fully saturated rings. The van der Waals surface area contributed by atoms with Gasteiger partial charge in [-0.25, -0.2) is 0 Å². The van der Waals surface area contributed by atoms with E-state index in [0.717, 1.165) is 5.57 Å². The van der Waals surface area contributed by atoms with Gasteiger partial charge in [-0.2, -0.15) is 0 Å². The van der Waals surface area contributed by atoms with E-state index in [0.29, 0.717) is 0 Å². The molecule has 2 nitrogen and oxygen atoms in total. The largest absolute Gasteiger partial charge is 0.345 e. The molecule has 9 heavy (non-hydrogen) atoms. The van der Waals surface area contributed by atoms with Crippen LogP contribution in [0.5, 0.6) is 0 Å². The van der Waals surface area contributed by atoms with Gasteiger partial charge >= 0.3 is 0 Å². The van der Waals surface area contributed by atoms with E-state index in [4.69, 9.17) is 0 Å². The average Bonchev–Trinajstić information content (AvgIpc) is 1.84. The lowest BCUT2D eigenvalue weighted by molar-refractivity contribution is -0.124. The highest BCUT2D eigenvalue weighted by atomic mass is 16.2. The molecule has 0 aromatic carbocycles. The summed E-state index contributed by atoms with van der Waals surface area (Å²) in [7, 11) is 3.49. The van der Waals surface area contributed by atoms with Crippen LogP contribution in [0.15, 0.2) is 11.6 Å². The summed E-state index contributed by atoms with van der Waals surface area (Å²) in [6, 6.07) is 0. The molecule has 0 spiro atoms. The number of likely N-dealkylation sites (N-methyl/N-ethyl adjacent to an activating group) is 1. The highest BCUT2D eigenvalue weighted by molar-refractivity contribution is 5.92. The lowest BCUT2D eigenvalue weighted by Crippen LogP contribution is -2.22. The van der Waals surface area contributed by atoms with E-state index in [2.05, 4.69) is 0 Å². The average molecular weight is 127 g/mol. The second-order valence-electron chi connectivity index (χ2n) is 2.17. The molecule has 0 aliphatic carbocycles. The molecule has 0 saturated heterocycles. The summed E-state index contributed by atoms with van der Waals surface area (Å²) in [5.74, 6) is 0.0810. The number of carbonyl (C=O) groups is 1. The minimum absolute atomic E-state index is 0.0810. The molecule has 0 radical (unpaired) electrons. The van der Waals surface area contributed by atoms with Gasteiger partial charge in [-0.15, -0.1) is 0 Å². The molecule has 0 aromatic heterocycles. The monoisotopic (exact) mass is 127 g/mol. The van der Waals surface area contributed by atoms with E-state index < -0.39 is 0 Å². The maximum atomic E-state index is 10.9. The molecule has 0 unspecified atom stereocenters. The Morgan fingerprint density at radius 1 is 1.44 bits per heavy atom. The first kappa shape index (κ1) is 8.21. The van der Waals surface area contributed by atoms with Gasteiger partial charge in [0, 0.05) is 19.7 Å². The summed E-state index contributed by atoms with van der Waals surface area (Å²) in [5, 5.41) is 0. The van der Waals surface area contributed by atoms with Gasteiger partial charge in [-0.1, -0.05) is 6.08 Å². The zero-order valence-electron chi connectivity index (χ0n) is 6.43. The van der Waals surface area contributed by atoms with E-state index in [-0.39, 0.29) is 5.91 Å². The Kier molecular flexibility index (Phi) is 2.99. The van der Waals surface area contributed by atoms with Gasteiger partial charge < -0.3 is 4.90 Å². The van der Waals surface area contributed by atoms with Gasteiger partial charge in [0.15, 0.2) is 0 Å². The van der Waals surface area contributed by atoms with Crippen molar-refractivity contribution in [3.8, 4) is 0 Å². The SMILES string of the molecule is C/C=C(/C)C(=O)N(C)C. The normalized spacial score (nSPS) is 11.3. The minimum Gasteiger partial charge on any atom is -0.345 e. The van der Waals surface area contributed by atoms with Crippen molar-refractivity contribution in [2.45, 2.75) is 13.8 Å². The third-order valence-corrected chi connectivity index (χ3v) is 1.18. The molecule has 52 valence electrons. The van der Waals surface area contributed by atoms with Crippen LogP contribution in [0.1, 0.15) is 13.8 Å². The molecule has 0 heterocycles. The number of carbonyl (C=O) groups excluding carboxylic acids is 1. The third-order valence-electron chi connectivity index (χ3n) is 1.18.